The van der Waals surface area contributed by atoms with Gasteiger partial charge in [-0.3, -0.25) is 9.78 Å². The van der Waals surface area contributed by atoms with Gasteiger partial charge in [0.1, 0.15) is 5.69 Å². The summed E-state index contributed by atoms with van der Waals surface area (Å²) in [5.41, 5.74) is 5.49. The maximum Gasteiger partial charge on any atom is 0.417 e. The van der Waals surface area contributed by atoms with Gasteiger partial charge in [-0.2, -0.15) is 13.2 Å². The first-order chi connectivity index (χ1) is 10.9. The van der Waals surface area contributed by atoms with Gasteiger partial charge < -0.3 is 10.6 Å². The average Bonchev–Trinajstić information content (AvgIpc) is 2.54. The monoisotopic (exact) mass is 323 g/mol. The van der Waals surface area contributed by atoms with Gasteiger partial charge in [0.15, 0.2) is 0 Å². The highest BCUT2D eigenvalue weighted by Gasteiger charge is 2.31. The predicted molar refractivity (Wildman–Crippen MR) is 79.5 cm³/mol. The number of aromatic nitrogens is 1. The molecular weight excluding hydrogens is 307 g/mol. The Balaban J connectivity index is 2.17. The fourth-order valence-corrected chi connectivity index (χ4v) is 2.06. The number of alkyl halides is 3. The van der Waals surface area contributed by atoms with E-state index in [1.54, 1.807) is 0 Å². The summed E-state index contributed by atoms with van der Waals surface area (Å²) < 4.78 is 37.6. The molecule has 0 aliphatic heterocycles. The van der Waals surface area contributed by atoms with Gasteiger partial charge in [0, 0.05) is 25.8 Å². The summed E-state index contributed by atoms with van der Waals surface area (Å²) in [5, 5.41) is 0. The number of amides is 1. The van der Waals surface area contributed by atoms with E-state index in [-0.39, 0.29) is 18.8 Å². The van der Waals surface area contributed by atoms with Crippen LogP contribution in [0.3, 0.4) is 0 Å². The molecule has 2 rings (SSSR count). The maximum atomic E-state index is 12.5. The lowest BCUT2D eigenvalue weighted by atomic mass is 10.2. The molecule has 0 radical (unpaired) electrons. The zero-order valence-electron chi connectivity index (χ0n) is 12.3. The predicted octanol–water partition coefficient (Wildman–Crippen LogP) is 2.70. The van der Waals surface area contributed by atoms with Crippen molar-refractivity contribution in [1.82, 2.24) is 9.88 Å². The highest BCUT2D eigenvalue weighted by molar-refractivity contribution is 5.92. The smallest absolute Gasteiger partial charge is 0.332 e. The molecular formula is C16H16F3N3O. The number of hydrogen-bond donors (Lipinski definition) is 1. The van der Waals surface area contributed by atoms with Gasteiger partial charge in [0.05, 0.1) is 5.56 Å². The molecule has 0 unspecified atom stereocenters. The van der Waals surface area contributed by atoms with Crippen molar-refractivity contribution in [3.63, 3.8) is 0 Å². The van der Waals surface area contributed by atoms with Crippen LogP contribution in [0.15, 0.2) is 48.7 Å². The van der Waals surface area contributed by atoms with Crippen LogP contribution < -0.4 is 5.73 Å². The number of carbonyl (C=O) groups excluding carboxylic acids is 1. The van der Waals surface area contributed by atoms with E-state index in [4.69, 9.17) is 5.73 Å². The van der Waals surface area contributed by atoms with Gasteiger partial charge in [-0.05, 0) is 17.7 Å². The normalized spacial score (nSPS) is 11.3. The number of halogens is 3. The zero-order valence-corrected chi connectivity index (χ0v) is 12.3. The average molecular weight is 323 g/mol. The molecule has 2 aromatic rings. The van der Waals surface area contributed by atoms with Crippen LogP contribution in [0.25, 0.3) is 0 Å². The Kier molecular flexibility index (Phi) is 5.33. The van der Waals surface area contributed by atoms with Crippen molar-refractivity contribution < 1.29 is 18.0 Å². The van der Waals surface area contributed by atoms with Crippen LogP contribution in [0.5, 0.6) is 0 Å². The van der Waals surface area contributed by atoms with Crippen molar-refractivity contribution in [2.75, 3.05) is 13.1 Å². The summed E-state index contributed by atoms with van der Waals surface area (Å²) in [6.45, 7) is 0.856. The van der Waals surface area contributed by atoms with E-state index < -0.39 is 17.6 Å². The topological polar surface area (TPSA) is 59.2 Å². The minimum absolute atomic E-state index is 0.0395. The molecule has 1 heterocycles. The van der Waals surface area contributed by atoms with E-state index in [0.29, 0.717) is 12.7 Å². The lowest BCUT2D eigenvalue weighted by Crippen LogP contribution is -2.35. The molecule has 0 aliphatic carbocycles. The van der Waals surface area contributed by atoms with Crippen LogP contribution in [0.1, 0.15) is 21.6 Å². The van der Waals surface area contributed by atoms with E-state index in [9.17, 15) is 18.0 Å². The molecule has 0 saturated heterocycles. The van der Waals surface area contributed by atoms with E-state index in [0.717, 1.165) is 17.7 Å². The summed E-state index contributed by atoms with van der Waals surface area (Å²) in [5.74, 6) is -0.451. The Bertz CT molecular complexity index is 642. The van der Waals surface area contributed by atoms with E-state index in [1.165, 1.54) is 4.90 Å². The second kappa shape index (κ2) is 7.23. The third-order valence-corrected chi connectivity index (χ3v) is 3.21. The Labute approximate surface area is 131 Å². The Morgan fingerprint density at radius 2 is 1.83 bits per heavy atom. The van der Waals surface area contributed by atoms with Crippen molar-refractivity contribution >= 4 is 5.91 Å². The van der Waals surface area contributed by atoms with Crippen molar-refractivity contribution in [3.05, 3.63) is 65.5 Å². The number of hydrogen-bond acceptors (Lipinski definition) is 3. The summed E-state index contributed by atoms with van der Waals surface area (Å²) in [6.07, 6.45) is -3.81. The molecule has 1 amide bonds. The second-order valence-electron chi connectivity index (χ2n) is 4.93. The molecule has 0 bridgehead atoms. The molecule has 7 heteroatoms. The number of benzene rings is 1. The van der Waals surface area contributed by atoms with Gasteiger partial charge in [-0.15, -0.1) is 0 Å². The molecule has 1 aromatic carbocycles. The lowest BCUT2D eigenvalue weighted by Gasteiger charge is -2.22. The zero-order chi connectivity index (χ0) is 16.9. The van der Waals surface area contributed by atoms with Crippen molar-refractivity contribution in [2.45, 2.75) is 12.7 Å². The number of rotatable bonds is 5. The Hall–Kier alpha value is -2.41. The van der Waals surface area contributed by atoms with Crippen LogP contribution in [-0.4, -0.2) is 28.9 Å². The van der Waals surface area contributed by atoms with Gasteiger partial charge >= 0.3 is 6.18 Å². The number of pyridine rings is 1. The van der Waals surface area contributed by atoms with E-state index in [1.807, 2.05) is 30.3 Å². The third kappa shape index (κ3) is 4.53. The van der Waals surface area contributed by atoms with Crippen molar-refractivity contribution in [1.29, 1.82) is 0 Å². The molecule has 4 nitrogen and oxygen atoms in total. The number of nitrogens with two attached hydrogens (primary N) is 1. The van der Waals surface area contributed by atoms with Crippen LogP contribution >= 0.6 is 0 Å². The Morgan fingerprint density at radius 3 is 2.35 bits per heavy atom. The highest BCUT2D eigenvalue weighted by Crippen LogP contribution is 2.28. The highest BCUT2D eigenvalue weighted by atomic mass is 19.4. The van der Waals surface area contributed by atoms with Crippen molar-refractivity contribution in [3.8, 4) is 0 Å². The first-order valence-corrected chi connectivity index (χ1v) is 6.98. The molecule has 122 valence electrons. The summed E-state index contributed by atoms with van der Waals surface area (Å²) >= 11 is 0. The van der Waals surface area contributed by atoms with E-state index in [2.05, 4.69) is 4.98 Å². The maximum absolute atomic E-state index is 12.5. The fraction of sp³-hybridized carbons (Fsp3) is 0.250. The number of carbonyl (C=O) groups is 1. The molecule has 23 heavy (non-hydrogen) atoms. The van der Waals surface area contributed by atoms with Crippen LogP contribution in [-0.2, 0) is 12.7 Å². The minimum Gasteiger partial charge on any atom is -0.332 e. The number of nitrogens with zero attached hydrogens (tertiary/aromatic N) is 2. The standard InChI is InChI=1S/C16H16F3N3O/c17-16(18,19)13-6-7-14(21-10-13)15(23)22(9-8-20)11-12-4-2-1-3-5-12/h1-7,10H,8-9,11,20H2. The Morgan fingerprint density at radius 1 is 1.13 bits per heavy atom. The first kappa shape index (κ1) is 17.0. The molecule has 2 N–H and O–H groups in total. The second-order valence-corrected chi connectivity index (χ2v) is 4.93. The molecule has 0 aliphatic rings. The lowest BCUT2D eigenvalue weighted by molar-refractivity contribution is -0.137. The molecule has 0 fully saturated rings. The summed E-state index contributed by atoms with van der Waals surface area (Å²) in [7, 11) is 0. The van der Waals surface area contributed by atoms with Crippen molar-refractivity contribution in [2.24, 2.45) is 5.73 Å². The quantitative estimate of drug-likeness (QED) is 0.920. The summed E-state index contributed by atoms with van der Waals surface area (Å²) in [4.78, 5) is 17.5. The molecule has 0 saturated carbocycles. The molecule has 0 spiro atoms. The van der Waals surface area contributed by atoms with Crippen LogP contribution in [0, 0.1) is 0 Å². The van der Waals surface area contributed by atoms with Crippen LogP contribution in [0.2, 0.25) is 0 Å². The SMILES string of the molecule is NCCN(Cc1ccccc1)C(=O)c1ccc(C(F)(F)F)cn1. The largest absolute Gasteiger partial charge is 0.417 e. The van der Waals surface area contributed by atoms with Gasteiger partial charge in [-0.1, -0.05) is 30.3 Å². The van der Waals surface area contributed by atoms with Gasteiger partial charge in [0.25, 0.3) is 5.91 Å². The van der Waals surface area contributed by atoms with Gasteiger partial charge in [0.2, 0.25) is 0 Å². The molecule has 1 aromatic heterocycles. The van der Waals surface area contributed by atoms with E-state index >= 15 is 0 Å². The minimum atomic E-state index is -4.48. The third-order valence-electron chi connectivity index (χ3n) is 3.21. The summed E-state index contributed by atoms with van der Waals surface area (Å²) in [6, 6.07) is 11.2. The molecule has 0 atom stereocenters. The van der Waals surface area contributed by atoms with Crippen LogP contribution in [0.4, 0.5) is 13.2 Å². The fourth-order valence-electron chi connectivity index (χ4n) is 2.06. The van der Waals surface area contributed by atoms with Gasteiger partial charge in [-0.25, -0.2) is 0 Å². The first-order valence-electron chi connectivity index (χ1n) is 6.98.